The molecule has 0 atom stereocenters. The van der Waals surface area contributed by atoms with Crippen LogP contribution in [0.3, 0.4) is 0 Å². The maximum absolute atomic E-state index is 12.1. The van der Waals surface area contributed by atoms with E-state index in [0.717, 1.165) is 0 Å². The molecule has 0 bridgehead atoms. The third kappa shape index (κ3) is 2.63. The lowest BCUT2D eigenvalue weighted by Gasteiger charge is -2.45. The van der Waals surface area contributed by atoms with Crippen LogP contribution in [0.25, 0.3) is 0 Å². The van der Waals surface area contributed by atoms with E-state index in [2.05, 4.69) is 9.97 Å². The van der Waals surface area contributed by atoms with Crippen molar-refractivity contribution in [1.82, 2.24) is 19.8 Å². The van der Waals surface area contributed by atoms with Gasteiger partial charge in [-0.3, -0.25) is 4.79 Å². The minimum absolute atomic E-state index is 0.00828. The average molecular weight is 331 g/mol. The van der Waals surface area contributed by atoms with Gasteiger partial charge in [-0.2, -0.15) is 0 Å². The smallest absolute Gasteiger partial charge is 0.407 e. The molecule has 112 valence electrons. The topological polar surface area (TPSA) is 86.6 Å². The maximum Gasteiger partial charge on any atom is 0.407 e. The van der Waals surface area contributed by atoms with Crippen molar-refractivity contribution in [1.29, 1.82) is 0 Å². The van der Waals surface area contributed by atoms with Gasteiger partial charge >= 0.3 is 6.09 Å². The van der Waals surface area contributed by atoms with Crippen LogP contribution in [0.2, 0.25) is 10.4 Å². The van der Waals surface area contributed by atoms with E-state index in [4.69, 9.17) is 28.3 Å². The minimum Gasteiger partial charge on any atom is -0.465 e. The second-order valence-corrected chi connectivity index (χ2v) is 6.22. The molecule has 2 amide bonds. The van der Waals surface area contributed by atoms with Crippen LogP contribution in [0.15, 0.2) is 6.20 Å². The van der Waals surface area contributed by atoms with E-state index in [1.165, 1.54) is 11.1 Å². The van der Waals surface area contributed by atoms with Crippen LogP contribution < -0.4 is 0 Å². The molecule has 1 N–H and O–H groups in total. The van der Waals surface area contributed by atoms with Gasteiger partial charge in [-0.05, 0) is 11.6 Å². The summed E-state index contributed by atoms with van der Waals surface area (Å²) in [6, 6.07) is 0. The first-order valence-corrected chi connectivity index (χ1v) is 7.07. The summed E-state index contributed by atoms with van der Waals surface area (Å²) in [6.45, 7) is 1.63. The lowest BCUT2D eigenvalue weighted by atomic mass is 9.79. The molecule has 0 aliphatic carbocycles. The van der Waals surface area contributed by atoms with Crippen LogP contribution in [-0.4, -0.2) is 56.5 Å². The van der Waals surface area contributed by atoms with Crippen LogP contribution in [0, 0.1) is 5.41 Å². The molecule has 3 rings (SSSR count). The summed E-state index contributed by atoms with van der Waals surface area (Å²) in [5, 5.41) is 9.17. The van der Waals surface area contributed by atoms with Gasteiger partial charge in [0, 0.05) is 43.2 Å². The van der Waals surface area contributed by atoms with Gasteiger partial charge in [-0.15, -0.1) is 0 Å². The maximum atomic E-state index is 12.1. The Morgan fingerprint density at radius 3 is 2.71 bits per heavy atom. The summed E-state index contributed by atoms with van der Waals surface area (Å²) in [6.07, 6.45) is 0.920. The number of hydrogen-bond donors (Lipinski definition) is 1. The lowest BCUT2D eigenvalue weighted by molar-refractivity contribution is -0.128. The van der Waals surface area contributed by atoms with Crippen LogP contribution in [-0.2, 0) is 11.3 Å². The zero-order valence-corrected chi connectivity index (χ0v) is 12.4. The highest BCUT2D eigenvalue weighted by Crippen LogP contribution is 2.40. The molecule has 7 nitrogen and oxygen atoms in total. The molecule has 0 unspecified atom stereocenters. The Bertz CT molecular complexity index is 619. The van der Waals surface area contributed by atoms with Gasteiger partial charge in [0.2, 0.25) is 11.2 Å². The highest BCUT2D eigenvalue weighted by molar-refractivity contribution is 6.32. The second-order valence-electron chi connectivity index (χ2n) is 5.52. The third-order valence-corrected chi connectivity index (χ3v) is 4.38. The molecule has 0 aromatic carbocycles. The van der Waals surface area contributed by atoms with Crippen molar-refractivity contribution in [2.24, 2.45) is 5.41 Å². The number of carbonyl (C=O) groups excluding carboxylic acids is 1. The number of carboxylic acid groups (broad SMARTS) is 1. The van der Waals surface area contributed by atoms with Crippen molar-refractivity contribution in [2.75, 3.05) is 19.6 Å². The Hall–Kier alpha value is -1.60. The number of halogens is 2. The van der Waals surface area contributed by atoms with Gasteiger partial charge in [0.1, 0.15) is 5.15 Å². The van der Waals surface area contributed by atoms with Crippen molar-refractivity contribution in [3.8, 4) is 0 Å². The summed E-state index contributed by atoms with van der Waals surface area (Å²) in [7, 11) is 0. The summed E-state index contributed by atoms with van der Waals surface area (Å²) in [4.78, 5) is 33.6. The quantitative estimate of drug-likeness (QED) is 0.655. The van der Waals surface area contributed by atoms with Gasteiger partial charge in [-0.25, -0.2) is 14.8 Å². The van der Waals surface area contributed by atoms with Gasteiger partial charge in [-0.1, -0.05) is 11.6 Å². The Morgan fingerprint density at radius 1 is 1.38 bits per heavy atom. The highest BCUT2D eigenvalue weighted by atomic mass is 35.5. The van der Waals surface area contributed by atoms with Crippen molar-refractivity contribution < 1.29 is 14.7 Å². The highest BCUT2D eigenvalue weighted by Gasteiger charge is 2.52. The zero-order chi connectivity index (χ0) is 15.2. The molecule has 1 aromatic rings. The van der Waals surface area contributed by atoms with Gasteiger partial charge in [0.05, 0.1) is 6.54 Å². The Labute approximate surface area is 130 Å². The van der Waals surface area contributed by atoms with E-state index in [0.29, 0.717) is 38.2 Å². The molecule has 0 saturated carbocycles. The predicted molar refractivity (Wildman–Crippen MR) is 74.1 cm³/mol. The molecule has 0 radical (unpaired) electrons. The number of carbonyl (C=O) groups is 2. The number of nitrogens with zero attached hydrogens (tertiary/aromatic N) is 4. The molecule has 2 aliphatic rings. The third-order valence-electron chi connectivity index (χ3n) is 3.87. The normalized spacial score (nSPS) is 20.0. The molecule has 2 fully saturated rings. The number of rotatable bonds is 2. The van der Waals surface area contributed by atoms with E-state index in [1.807, 2.05) is 0 Å². The minimum atomic E-state index is -0.944. The zero-order valence-electron chi connectivity index (χ0n) is 10.9. The van der Waals surface area contributed by atoms with Crippen molar-refractivity contribution >= 4 is 35.2 Å². The fourth-order valence-electron chi connectivity index (χ4n) is 2.91. The Balaban J connectivity index is 1.68. The molecule has 3 heterocycles. The lowest BCUT2D eigenvalue weighted by Crippen LogP contribution is -2.59. The Kier molecular flexibility index (Phi) is 3.41. The van der Waals surface area contributed by atoms with Crippen LogP contribution >= 0.6 is 23.2 Å². The van der Waals surface area contributed by atoms with E-state index in [9.17, 15) is 9.59 Å². The first-order valence-electron chi connectivity index (χ1n) is 6.31. The fourth-order valence-corrected chi connectivity index (χ4v) is 3.28. The monoisotopic (exact) mass is 330 g/mol. The average Bonchev–Trinajstić information content (AvgIpc) is 2.68. The largest absolute Gasteiger partial charge is 0.465 e. The SMILES string of the molecule is O=C(O)N1CC2(CC(=O)N(Cc3cnc(Cl)nc3Cl)C2)C1. The van der Waals surface area contributed by atoms with Crippen LogP contribution in [0.5, 0.6) is 0 Å². The molecule has 1 spiro atoms. The first-order chi connectivity index (χ1) is 9.88. The fraction of sp³-hybridized carbons (Fsp3) is 0.500. The molecule has 9 heteroatoms. The number of aromatic nitrogens is 2. The summed E-state index contributed by atoms with van der Waals surface area (Å²) < 4.78 is 0. The van der Waals surface area contributed by atoms with E-state index in [1.54, 1.807) is 4.90 Å². The summed E-state index contributed by atoms with van der Waals surface area (Å²) >= 11 is 11.6. The standard InChI is InChI=1S/C12H12Cl2N4O3/c13-9-7(2-15-10(14)16-9)3-17-4-12(1-8(17)19)5-18(6-12)11(20)21/h2H,1,3-6H2,(H,20,21). The van der Waals surface area contributed by atoms with Gasteiger partial charge in [0.15, 0.2) is 0 Å². The second kappa shape index (κ2) is 4.99. The summed E-state index contributed by atoms with van der Waals surface area (Å²) in [5.74, 6) is -0.00828. The van der Waals surface area contributed by atoms with Crippen molar-refractivity contribution in [3.63, 3.8) is 0 Å². The molecule has 2 saturated heterocycles. The molecule has 21 heavy (non-hydrogen) atoms. The Morgan fingerprint density at radius 2 is 2.10 bits per heavy atom. The van der Waals surface area contributed by atoms with Gasteiger partial charge < -0.3 is 14.9 Å². The van der Waals surface area contributed by atoms with Gasteiger partial charge in [0.25, 0.3) is 0 Å². The molecular weight excluding hydrogens is 319 g/mol. The molecular formula is C12H12Cl2N4O3. The number of amides is 2. The van der Waals surface area contributed by atoms with E-state index in [-0.39, 0.29) is 21.8 Å². The first kappa shape index (κ1) is 14.3. The van der Waals surface area contributed by atoms with Crippen LogP contribution in [0.4, 0.5) is 4.79 Å². The van der Waals surface area contributed by atoms with Crippen molar-refractivity contribution in [2.45, 2.75) is 13.0 Å². The predicted octanol–water partition coefficient (Wildman–Crippen LogP) is 1.50. The molecule has 2 aliphatic heterocycles. The van der Waals surface area contributed by atoms with E-state index >= 15 is 0 Å². The number of likely N-dealkylation sites (tertiary alicyclic amines) is 2. The summed E-state index contributed by atoms with van der Waals surface area (Å²) in [5.41, 5.74) is 0.371. The molecule has 1 aromatic heterocycles. The van der Waals surface area contributed by atoms with Crippen LogP contribution in [0.1, 0.15) is 12.0 Å². The van der Waals surface area contributed by atoms with Crippen molar-refractivity contribution in [3.05, 3.63) is 22.2 Å². The van der Waals surface area contributed by atoms with E-state index < -0.39 is 6.09 Å². The number of hydrogen-bond acceptors (Lipinski definition) is 4.